The number of hydrogen-bond donors (Lipinski definition) is 1. The summed E-state index contributed by atoms with van der Waals surface area (Å²) in [5, 5.41) is 14.5. The Morgan fingerprint density at radius 3 is 2.64 bits per heavy atom. The van der Waals surface area contributed by atoms with Crippen LogP contribution in [-0.4, -0.2) is 27.5 Å². The standard InChI is InChI=1S/C19H16N4O5/c1-2-27-19(24)13-7-6-8-14(11-13)22-17-16(23(25)26)18(21-12-20-17)28-15-9-4-3-5-10-15/h3-12H,2H2,1H3,(H,20,21,22). The number of benzene rings is 2. The van der Waals surface area contributed by atoms with Crippen LogP contribution in [0.4, 0.5) is 17.2 Å². The van der Waals surface area contributed by atoms with E-state index < -0.39 is 16.6 Å². The number of nitro groups is 1. The van der Waals surface area contributed by atoms with E-state index in [9.17, 15) is 14.9 Å². The Labute approximate surface area is 160 Å². The maximum atomic E-state index is 11.9. The van der Waals surface area contributed by atoms with Gasteiger partial charge in [-0.3, -0.25) is 10.1 Å². The molecule has 9 heteroatoms. The van der Waals surface area contributed by atoms with Crippen molar-refractivity contribution in [3.63, 3.8) is 0 Å². The molecule has 0 bridgehead atoms. The molecule has 3 rings (SSSR count). The van der Waals surface area contributed by atoms with Gasteiger partial charge in [-0.05, 0) is 37.3 Å². The quantitative estimate of drug-likeness (QED) is 0.370. The van der Waals surface area contributed by atoms with E-state index in [1.165, 1.54) is 6.07 Å². The minimum atomic E-state index is -0.629. The SMILES string of the molecule is CCOC(=O)c1cccc(Nc2ncnc(Oc3ccccc3)c2[N+](=O)[O-])c1. The molecular weight excluding hydrogens is 364 g/mol. The van der Waals surface area contributed by atoms with Crippen molar-refractivity contribution in [2.75, 3.05) is 11.9 Å². The topological polar surface area (TPSA) is 116 Å². The molecule has 0 saturated heterocycles. The van der Waals surface area contributed by atoms with Crippen LogP contribution in [-0.2, 0) is 4.74 Å². The van der Waals surface area contributed by atoms with Gasteiger partial charge in [-0.15, -0.1) is 0 Å². The second kappa shape index (κ2) is 8.58. The average molecular weight is 380 g/mol. The number of anilines is 2. The molecule has 142 valence electrons. The molecule has 0 aliphatic heterocycles. The highest BCUT2D eigenvalue weighted by Gasteiger charge is 2.25. The summed E-state index contributed by atoms with van der Waals surface area (Å²) in [5.41, 5.74) is 0.315. The van der Waals surface area contributed by atoms with E-state index in [1.807, 2.05) is 0 Å². The molecule has 1 aromatic heterocycles. The predicted molar refractivity (Wildman–Crippen MR) is 101 cm³/mol. The lowest BCUT2D eigenvalue weighted by molar-refractivity contribution is -0.385. The van der Waals surface area contributed by atoms with Crippen molar-refractivity contribution in [1.29, 1.82) is 0 Å². The fourth-order valence-corrected chi connectivity index (χ4v) is 2.37. The van der Waals surface area contributed by atoms with Gasteiger partial charge in [-0.2, -0.15) is 4.98 Å². The molecule has 3 aromatic rings. The molecule has 0 aliphatic rings. The second-order valence-corrected chi connectivity index (χ2v) is 5.47. The van der Waals surface area contributed by atoms with Gasteiger partial charge in [0, 0.05) is 5.69 Å². The largest absolute Gasteiger partial charge is 0.462 e. The molecule has 1 heterocycles. The van der Waals surface area contributed by atoms with Gasteiger partial charge in [0.2, 0.25) is 5.82 Å². The van der Waals surface area contributed by atoms with E-state index >= 15 is 0 Å². The van der Waals surface area contributed by atoms with Gasteiger partial charge in [-0.1, -0.05) is 24.3 Å². The lowest BCUT2D eigenvalue weighted by Crippen LogP contribution is -2.06. The maximum absolute atomic E-state index is 11.9. The molecular formula is C19H16N4O5. The van der Waals surface area contributed by atoms with Crippen LogP contribution in [0.15, 0.2) is 60.9 Å². The van der Waals surface area contributed by atoms with Crippen LogP contribution in [0.5, 0.6) is 11.6 Å². The summed E-state index contributed by atoms with van der Waals surface area (Å²) in [6, 6.07) is 15.0. The van der Waals surface area contributed by atoms with Gasteiger partial charge in [0.25, 0.3) is 0 Å². The summed E-state index contributed by atoms with van der Waals surface area (Å²) in [6.45, 7) is 1.95. The maximum Gasteiger partial charge on any atom is 0.373 e. The zero-order chi connectivity index (χ0) is 19.9. The fourth-order valence-electron chi connectivity index (χ4n) is 2.37. The van der Waals surface area contributed by atoms with Gasteiger partial charge in [0.15, 0.2) is 0 Å². The number of para-hydroxylation sites is 1. The lowest BCUT2D eigenvalue weighted by Gasteiger charge is -2.10. The Morgan fingerprint density at radius 2 is 1.93 bits per heavy atom. The number of ether oxygens (including phenoxy) is 2. The van der Waals surface area contributed by atoms with Gasteiger partial charge < -0.3 is 14.8 Å². The Hall–Kier alpha value is -4.01. The number of nitrogens with one attached hydrogen (secondary N) is 1. The van der Waals surface area contributed by atoms with Crippen LogP contribution in [0.25, 0.3) is 0 Å². The lowest BCUT2D eigenvalue weighted by atomic mass is 10.2. The van der Waals surface area contributed by atoms with E-state index in [0.29, 0.717) is 17.0 Å². The van der Waals surface area contributed by atoms with Crippen LogP contribution in [0.1, 0.15) is 17.3 Å². The van der Waals surface area contributed by atoms with E-state index in [0.717, 1.165) is 6.33 Å². The summed E-state index contributed by atoms with van der Waals surface area (Å²) in [6.07, 6.45) is 1.16. The number of rotatable bonds is 7. The minimum absolute atomic E-state index is 0.0630. The van der Waals surface area contributed by atoms with Gasteiger partial charge in [-0.25, -0.2) is 9.78 Å². The monoisotopic (exact) mass is 380 g/mol. The van der Waals surface area contributed by atoms with Crippen molar-refractivity contribution in [2.24, 2.45) is 0 Å². The van der Waals surface area contributed by atoms with E-state index in [2.05, 4.69) is 15.3 Å². The Bertz CT molecular complexity index is 995. The average Bonchev–Trinajstić information content (AvgIpc) is 2.69. The molecule has 28 heavy (non-hydrogen) atoms. The van der Waals surface area contributed by atoms with Crippen molar-refractivity contribution >= 4 is 23.2 Å². The number of nitrogens with zero attached hydrogens (tertiary/aromatic N) is 3. The number of esters is 1. The van der Waals surface area contributed by atoms with Crippen LogP contribution in [0, 0.1) is 10.1 Å². The third kappa shape index (κ3) is 4.39. The highest BCUT2D eigenvalue weighted by molar-refractivity contribution is 5.90. The molecule has 0 amide bonds. The van der Waals surface area contributed by atoms with Gasteiger partial charge >= 0.3 is 17.5 Å². The molecule has 2 aromatic carbocycles. The number of aromatic nitrogens is 2. The molecule has 0 aliphatic carbocycles. The van der Waals surface area contributed by atoms with Crippen LogP contribution in [0.2, 0.25) is 0 Å². The Kier molecular flexibility index (Phi) is 5.75. The van der Waals surface area contributed by atoms with Crippen molar-refractivity contribution in [3.8, 4) is 11.6 Å². The van der Waals surface area contributed by atoms with Crippen molar-refractivity contribution in [2.45, 2.75) is 6.92 Å². The first-order valence-electron chi connectivity index (χ1n) is 8.35. The van der Waals surface area contributed by atoms with E-state index in [-0.39, 0.29) is 18.3 Å². The molecule has 1 N–H and O–H groups in total. The van der Waals surface area contributed by atoms with Crippen molar-refractivity contribution in [3.05, 3.63) is 76.6 Å². The first-order valence-corrected chi connectivity index (χ1v) is 8.35. The number of carbonyl (C=O) groups is 1. The highest BCUT2D eigenvalue weighted by Crippen LogP contribution is 2.35. The molecule has 0 saturated carbocycles. The summed E-state index contributed by atoms with van der Waals surface area (Å²) < 4.78 is 10.5. The Balaban J connectivity index is 1.92. The highest BCUT2D eigenvalue weighted by atomic mass is 16.6. The smallest absolute Gasteiger partial charge is 0.373 e. The van der Waals surface area contributed by atoms with E-state index in [4.69, 9.17) is 9.47 Å². The van der Waals surface area contributed by atoms with Crippen LogP contribution >= 0.6 is 0 Å². The summed E-state index contributed by atoms with van der Waals surface area (Å²) in [5.74, 6) is -0.349. The Morgan fingerprint density at radius 1 is 1.14 bits per heavy atom. The van der Waals surface area contributed by atoms with Crippen molar-refractivity contribution in [1.82, 2.24) is 9.97 Å². The third-order valence-corrected chi connectivity index (χ3v) is 3.57. The third-order valence-electron chi connectivity index (χ3n) is 3.57. The normalized spacial score (nSPS) is 10.2. The summed E-state index contributed by atoms with van der Waals surface area (Å²) in [7, 11) is 0. The zero-order valence-corrected chi connectivity index (χ0v) is 14.9. The summed E-state index contributed by atoms with van der Waals surface area (Å²) >= 11 is 0. The number of carbonyl (C=O) groups excluding carboxylic acids is 1. The first kappa shape index (κ1) is 18.8. The molecule has 0 unspecified atom stereocenters. The molecule has 0 atom stereocenters. The molecule has 9 nitrogen and oxygen atoms in total. The zero-order valence-electron chi connectivity index (χ0n) is 14.9. The molecule has 0 fully saturated rings. The molecule has 0 radical (unpaired) electrons. The van der Waals surface area contributed by atoms with Gasteiger partial charge in [0.05, 0.1) is 17.1 Å². The minimum Gasteiger partial charge on any atom is -0.462 e. The molecule has 0 spiro atoms. The van der Waals surface area contributed by atoms with Crippen molar-refractivity contribution < 1.29 is 19.2 Å². The fraction of sp³-hybridized carbons (Fsp3) is 0.105. The second-order valence-electron chi connectivity index (χ2n) is 5.47. The predicted octanol–water partition coefficient (Wildman–Crippen LogP) is 4.10. The van der Waals surface area contributed by atoms with Crippen LogP contribution < -0.4 is 10.1 Å². The first-order chi connectivity index (χ1) is 13.6. The van der Waals surface area contributed by atoms with E-state index in [1.54, 1.807) is 55.5 Å². The summed E-state index contributed by atoms with van der Waals surface area (Å²) in [4.78, 5) is 30.7. The van der Waals surface area contributed by atoms with Crippen LogP contribution in [0.3, 0.4) is 0 Å². The van der Waals surface area contributed by atoms with Gasteiger partial charge in [0.1, 0.15) is 12.1 Å². The number of hydrogen-bond acceptors (Lipinski definition) is 8.